The van der Waals surface area contributed by atoms with E-state index >= 15 is 0 Å². The van der Waals surface area contributed by atoms with Gasteiger partial charge in [-0.25, -0.2) is 4.98 Å². The summed E-state index contributed by atoms with van der Waals surface area (Å²) >= 11 is 3.35. The number of H-pyrrole nitrogens is 1. The largest absolute Gasteiger partial charge is 0.347 e. The maximum atomic E-state index is 12.2. The van der Waals surface area contributed by atoms with Crippen LogP contribution in [-0.4, -0.2) is 26.9 Å². The highest BCUT2D eigenvalue weighted by atomic mass is 79.9. The lowest BCUT2D eigenvalue weighted by molar-refractivity contribution is -0.118. The van der Waals surface area contributed by atoms with Gasteiger partial charge < -0.3 is 10.3 Å². The third-order valence-electron chi connectivity index (χ3n) is 3.08. The van der Waals surface area contributed by atoms with Crippen molar-refractivity contribution in [2.24, 2.45) is 0 Å². The van der Waals surface area contributed by atoms with Crippen LogP contribution in [-0.2, 0) is 17.8 Å². The van der Waals surface area contributed by atoms with E-state index in [2.05, 4.69) is 41.5 Å². The second-order valence-electron chi connectivity index (χ2n) is 4.31. The van der Waals surface area contributed by atoms with Gasteiger partial charge in [0.25, 0.3) is 0 Å². The van der Waals surface area contributed by atoms with Gasteiger partial charge in [0.2, 0.25) is 5.91 Å². The van der Waals surface area contributed by atoms with Crippen LogP contribution in [0.25, 0.3) is 0 Å². The molecule has 0 saturated heterocycles. The molecule has 98 valence electrons. The number of carbonyl (C=O) groups is 1. The van der Waals surface area contributed by atoms with E-state index in [4.69, 9.17) is 0 Å². The zero-order chi connectivity index (χ0) is 13.2. The highest BCUT2D eigenvalue weighted by Crippen LogP contribution is 2.21. The number of nitrogens with one attached hydrogen (secondary N) is 3. The number of rotatable bonds is 2. The molecule has 0 radical (unpaired) electrons. The Hall–Kier alpha value is -1.73. The summed E-state index contributed by atoms with van der Waals surface area (Å²) < 4.78 is 0.764. The smallest absolute Gasteiger partial charge is 0.241 e. The summed E-state index contributed by atoms with van der Waals surface area (Å²) in [5, 5.41) is 6.06. The number of aromatic amines is 1. The molecule has 7 heteroatoms. The molecule has 1 unspecified atom stereocenters. The van der Waals surface area contributed by atoms with Gasteiger partial charge in [-0.05, 0) is 22.0 Å². The molecule has 2 aromatic heterocycles. The first-order valence-electron chi connectivity index (χ1n) is 5.89. The lowest BCUT2D eigenvalue weighted by Crippen LogP contribution is -2.44. The first-order chi connectivity index (χ1) is 9.24. The summed E-state index contributed by atoms with van der Waals surface area (Å²) in [4.78, 5) is 23.4. The molecule has 0 aromatic carbocycles. The number of imidazole rings is 1. The SMILES string of the molecule is O=C(Nc1ccncc1Br)C1Cc2nc[nH]c2CN1. The van der Waals surface area contributed by atoms with Crippen molar-refractivity contribution < 1.29 is 4.79 Å². The van der Waals surface area contributed by atoms with Gasteiger partial charge in [0.15, 0.2) is 0 Å². The first-order valence-corrected chi connectivity index (χ1v) is 6.68. The molecule has 0 spiro atoms. The van der Waals surface area contributed by atoms with Crippen molar-refractivity contribution >= 4 is 27.5 Å². The lowest BCUT2D eigenvalue weighted by Gasteiger charge is -2.22. The number of pyridine rings is 1. The maximum Gasteiger partial charge on any atom is 0.241 e. The van der Waals surface area contributed by atoms with Gasteiger partial charge in [-0.15, -0.1) is 0 Å². The Morgan fingerprint density at radius 2 is 2.42 bits per heavy atom. The van der Waals surface area contributed by atoms with E-state index < -0.39 is 0 Å². The Kier molecular flexibility index (Phi) is 3.31. The van der Waals surface area contributed by atoms with Crippen LogP contribution >= 0.6 is 15.9 Å². The lowest BCUT2D eigenvalue weighted by atomic mass is 10.0. The molecule has 1 aliphatic rings. The minimum atomic E-state index is -0.268. The number of halogens is 1. The van der Waals surface area contributed by atoms with Crippen LogP contribution in [0.5, 0.6) is 0 Å². The van der Waals surface area contributed by atoms with Crippen LogP contribution < -0.4 is 10.6 Å². The third-order valence-corrected chi connectivity index (χ3v) is 3.71. The number of aromatic nitrogens is 3. The molecule has 3 rings (SSSR count). The Morgan fingerprint density at radius 3 is 3.26 bits per heavy atom. The van der Waals surface area contributed by atoms with E-state index in [9.17, 15) is 4.79 Å². The summed E-state index contributed by atoms with van der Waals surface area (Å²) in [6.07, 6.45) is 5.54. The van der Waals surface area contributed by atoms with Gasteiger partial charge in [0.1, 0.15) is 0 Å². The topological polar surface area (TPSA) is 82.7 Å². The molecule has 6 nitrogen and oxygen atoms in total. The van der Waals surface area contributed by atoms with Crippen molar-refractivity contribution in [1.29, 1.82) is 0 Å². The number of amides is 1. The molecule has 2 aromatic rings. The van der Waals surface area contributed by atoms with Crippen LogP contribution in [0, 0.1) is 0 Å². The van der Waals surface area contributed by atoms with Crippen molar-refractivity contribution in [1.82, 2.24) is 20.3 Å². The van der Waals surface area contributed by atoms with Gasteiger partial charge in [-0.1, -0.05) is 0 Å². The zero-order valence-corrected chi connectivity index (χ0v) is 11.6. The van der Waals surface area contributed by atoms with Crippen molar-refractivity contribution in [3.05, 3.63) is 40.6 Å². The monoisotopic (exact) mass is 321 g/mol. The fourth-order valence-corrected chi connectivity index (χ4v) is 2.40. The maximum absolute atomic E-state index is 12.2. The number of fused-ring (bicyclic) bond motifs is 1. The average Bonchev–Trinajstić information content (AvgIpc) is 2.88. The van der Waals surface area contributed by atoms with Crippen LogP contribution in [0.4, 0.5) is 5.69 Å². The number of nitrogens with zero attached hydrogens (tertiary/aromatic N) is 2. The summed E-state index contributed by atoms with van der Waals surface area (Å²) in [5.41, 5.74) is 2.72. The molecule has 3 N–H and O–H groups in total. The quantitative estimate of drug-likeness (QED) is 0.776. The van der Waals surface area contributed by atoms with Gasteiger partial charge in [0.05, 0.1) is 33.9 Å². The Balaban J connectivity index is 1.71. The first kappa shape index (κ1) is 12.3. The van der Waals surface area contributed by atoms with Crippen LogP contribution in [0.2, 0.25) is 0 Å². The number of carbonyl (C=O) groups excluding carboxylic acids is 1. The molecule has 0 fully saturated rings. The molecule has 0 saturated carbocycles. The highest BCUT2D eigenvalue weighted by molar-refractivity contribution is 9.10. The molecule has 0 bridgehead atoms. The van der Waals surface area contributed by atoms with Gasteiger partial charge >= 0.3 is 0 Å². The van der Waals surface area contributed by atoms with Gasteiger partial charge in [-0.2, -0.15) is 0 Å². The van der Waals surface area contributed by atoms with Crippen LogP contribution in [0.15, 0.2) is 29.3 Å². The van der Waals surface area contributed by atoms with Crippen LogP contribution in [0.1, 0.15) is 11.4 Å². The summed E-state index contributed by atoms with van der Waals surface area (Å²) in [6, 6.07) is 1.49. The van der Waals surface area contributed by atoms with Crippen molar-refractivity contribution in [2.75, 3.05) is 5.32 Å². The molecule has 3 heterocycles. The zero-order valence-electron chi connectivity index (χ0n) is 9.98. The molecule has 1 atom stereocenters. The summed E-state index contributed by atoms with van der Waals surface area (Å²) in [5.74, 6) is -0.0689. The van der Waals surface area contributed by atoms with Gasteiger partial charge in [0, 0.05) is 25.4 Å². The average molecular weight is 322 g/mol. The normalized spacial score (nSPS) is 17.8. The van der Waals surface area contributed by atoms with Crippen LogP contribution in [0.3, 0.4) is 0 Å². The minimum absolute atomic E-state index is 0.0689. The Bertz CT molecular complexity index is 612. The van der Waals surface area contributed by atoms with Gasteiger partial charge in [-0.3, -0.25) is 15.1 Å². The summed E-state index contributed by atoms with van der Waals surface area (Å²) in [6.45, 7) is 0.630. The minimum Gasteiger partial charge on any atom is -0.347 e. The van der Waals surface area contributed by atoms with E-state index in [1.54, 1.807) is 24.8 Å². The molecule has 19 heavy (non-hydrogen) atoms. The van der Waals surface area contributed by atoms with E-state index in [-0.39, 0.29) is 11.9 Å². The predicted molar refractivity (Wildman–Crippen MR) is 73.5 cm³/mol. The second-order valence-corrected chi connectivity index (χ2v) is 5.16. The number of hydrogen-bond acceptors (Lipinski definition) is 4. The van der Waals surface area contributed by atoms with E-state index in [0.29, 0.717) is 13.0 Å². The molecule has 1 amide bonds. The van der Waals surface area contributed by atoms with E-state index in [0.717, 1.165) is 21.5 Å². The summed E-state index contributed by atoms with van der Waals surface area (Å²) in [7, 11) is 0. The van der Waals surface area contributed by atoms with Crippen molar-refractivity contribution in [2.45, 2.75) is 19.0 Å². The molecule has 1 aliphatic heterocycles. The molecule has 0 aliphatic carbocycles. The van der Waals surface area contributed by atoms with Crippen molar-refractivity contribution in [3.63, 3.8) is 0 Å². The molecular weight excluding hydrogens is 310 g/mol. The highest BCUT2D eigenvalue weighted by Gasteiger charge is 2.25. The molecular formula is C12H12BrN5O. The van der Waals surface area contributed by atoms with E-state index in [1.165, 1.54) is 0 Å². The fourth-order valence-electron chi connectivity index (χ4n) is 2.05. The standard InChI is InChI=1S/C12H12BrN5O/c13-7-4-14-2-1-8(7)18-12(19)10-3-9-11(5-15-10)17-6-16-9/h1-2,4,6,10,15H,3,5H2,(H,16,17)(H,14,18,19). The Morgan fingerprint density at radius 1 is 1.53 bits per heavy atom. The number of anilines is 1. The van der Waals surface area contributed by atoms with Crippen molar-refractivity contribution in [3.8, 4) is 0 Å². The fraction of sp³-hybridized carbons (Fsp3) is 0.250. The second kappa shape index (κ2) is 5.10. The number of hydrogen-bond donors (Lipinski definition) is 3. The Labute approximate surface area is 118 Å². The predicted octanol–water partition coefficient (Wildman–Crippen LogP) is 1.22. The third kappa shape index (κ3) is 2.52. The van der Waals surface area contributed by atoms with E-state index in [1.807, 2.05) is 0 Å².